The Morgan fingerprint density at radius 3 is 2.82 bits per heavy atom. The van der Waals surface area contributed by atoms with Gasteiger partial charge in [0.15, 0.2) is 0 Å². The van der Waals surface area contributed by atoms with Crippen molar-refractivity contribution in [3.8, 4) is 0 Å². The monoisotopic (exact) mass is 301 g/mol. The summed E-state index contributed by atoms with van der Waals surface area (Å²) in [6, 6.07) is 3.99. The Hall–Kier alpha value is -2.08. The van der Waals surface area contributed by atoms with Crippen molar-refractivity contribution in [1.29, 1.82) is 0 Å². The lowest BCUT2D eigenvalue weighted by atomic mass is 10.0. The van der Waals surface area contributed by atoms with Gasteiger partial charge in [0.05, 0.1) is 18.7 Å². The Bertz CT molecular complexity index is 654. The van der Waals surface area contributed by atoms with Crippen molar-refractivity contribution < 1.29 is 14.3 Å². The number of carbonyl (C=O) groups excluding carboxylic acids is 2. The molecule has 0 aromatic heterocycles. The summed E-state index contributed by atoms with van der Waals surface area (Å²) in [6.07, 6.45) is 3.18. The molecule has 2 fully saturated rings. The van der Waals surface area contributed by atoms with Crippen LogP contribution in [0.15, 0.2) is 12.1 Å². The van der Waals surface area contributed by atoms with Crippen LogP contribution in [0.1, 0.15) is 24.0 Å². The minimum Gasteiger partial charge on any atom is -0.443 e. The van der Waals surface area contributed by atoms with Crippen LogP contribution in [0.25, 0.3) is 0 Å². The van der Waals surface area contributed by atoms with Gasteiger partial charge in [-0.1, -0.05) is 0 Å². The maximum Gasteiger partial charge on any atom is 0.414 e. The van der Waals surface area contributed by atoms with Crippen LogP contribution in [0.4, 0.5) is 16.2 Å². The van der Waals surface area contributed by atoms with Crippen molar-refractivity contribution in [2.45, 2.75) is 31.8 Å². The van der Waals surface area contributed by atoms with Crippen molar-refractivity contribution in [1.82, 2.24) is 0 Å². The number of benzene rings is 1. The van der Waals surface area contributed by atoms with Gasteiger partial charge in [-0.15, -0.1) is 0 Å². The predicted octanol–water partition coefficient (Wildman–Crippen LogP) is 1.42. The SMILES string of the molecule is NC[C@@H]1CN(c2cc3c(cc2CC2CC2)NC(=O)C3)C(=O)O1. The Morgan fingerprint density at radius 1 is 1.32 bits per heavy atom. The summed E-state index contributed by atoms with van der Waals surface area (Å²) < 4.78 is 5.27. The van der Waals surface area contributed by atoms with E-state index in [-0.39, 0.29) is 18.1 Å². The zero-order chi connectivity index (χ0) is 15.3. The normalized spacial score (nSPS) is 23.5. The van der Waals surface area contributed by atoms with Gasteiger partial charge in [0, 0.05) is 12.2 Å². The third kappa shape index (κ3) is 2.33. The average molecular weight is 301 g/mol. The summed E-state index contributed by atoms with van der Waals surface area (Å²) in [7, 11) is 0. The number of anilines is 2. The Balaban J connectivity index is 1.71. The van der Waals surface area contributed by atoms with Crippen LogP contribution in [0.5, 0.6) is 0 Å². The number of nitrogens with one attached hydrogen (secondary N) is 1. The number of nitrogens with zero attached hydrogens (tertiary/aromatic N) is 1. The fourth-order valence-electron chi connectivity index (χ4n) is 3.20. The number of ether oxygens (including phenoxy) is 1. The van der Waals surface area contributed by atoms with Crippen molar-refractivity contribution in [2.75, 3.05) is 23.3 Å². The largest absolute Gasteiger partial charge is 0.443 e. The van der Waals surface area contributed by atoms with E-state index >= 15 is 0 Å². The summed E-state index contributed by atoms with van der Waals surface area (Å²) in [5, 5.41) is 2.89. The molecule has 6 nitrogen and oxygen atoms in total. The molecular formula is C16H19N3O3. The molecule has 6 heteroatoms. The molecule has 1 aliphatic carbocycles. The van der Waals surface area contributed by atoms with Gasteiger partial charge in [0.1, 0.15) is 6.10 Å². The van der Waals surface area contributed by atoms with Crippen molar-refractivity contribution in [2.24, 2.45) is 11.7 Å². The zero-order valence-corrected chi connectivity index (χ0v) is 12.3. The van der Waals surface area contributed by atoms with Crippen LogP contribution < -0.4 is 16.0 Å². The highest BCUT2D eigenvalue weighted by Crippen LogP contribution is 2.39. The first-order chi connectivity index (χ1) is 10.6. The molecule has 1 aromatic rings. The minimum atomic E-state index is -0.343. The van der Waals surface area contributed by atoms with Crippen molar-refractivity contribution >= 4 is 23.4 Å². The van der Waals surface area contributed by atoms with Gasteiger partial charge in [-0.2, -0.15) is 0 Å². The Labute approximate surface area is 128 Å². The quantitative estimate of drug-likeness (QED) is 0.881. The molecule has 0 unspecified atom stereocenters. The van der Waals surface area contributed by atoms with Crippen molar-refractivity contribution in [3.63, 3.8) is 0 Å². The number of carbonyl (C=O) groups is 2. The number of hydrogen-bond donors (Lipinski definition) is 2. The van der Waals surface area contributed by atoms with E-state index in [2.05, 4.69) is 5.32 Å². The van der Waals surface area contributed by atoms with Gasteiger partial charge < -0.3 is 15.8 Å². The van der Waals surface area contributed by atoms with E-state index in [1.54, 1.807) is 4.90 Å². The third-order valence-electron chi connectivity index (χ3n) is 4.56. The highest BCUT2D eigenvalue weighted by molar-refractivity contribution is 6.01. The maximum atomic E-state index is 12.1. The van der Waals surface area contributed by atoms with E-state index in [4.69, 9.17) is 10.5 Å². The molecule has 3 aliphatic rings. The summed E-state index contributed by atoms with van der Waals surface area (Å²) in [5.74, 6) is 0.700. The Morgan fingerprint density at radius 2 is 2.14 bits per heavy atom. The molecule has 2 aliphatic heterocycles. The maximum absolute atomic E-state index is 12.1. The first-order valence-corrected chi connectivity index (χ1v) is 7.78. The smallest absolute Gasteiger partial charge is 0.414 e. The topological polar surface area (TPSA) is 84.7 Å². The lowest BCUT2D eigenvalue weighted by molar-refractivity contribution is -0.115. The molecule has 1 saturated heterocycles. The molecular weight excluding hydrogens is 282 g/mol. The van der Waals surface area contributed by atoms with Crippen LogP contribution >= 0.6 is 0 Å². The van der Waals surface area contributed by atoms with Gasteiger partial charge in [0.2, 0.25) is 5.91 Å². The molecule has 1 atom stereocenters. The molecule has 2 heterocycles. The lowest BCUT2D eigenvalue weighted by Gasteiger charge is -2.19. The second-order valence-electron chi connectivity index (χ2n) is 6.36. The summed E-state index contributed by atoms with van der Waals surface area (Å²) in [6.45, 7) is 0.804. The number of rotatable bonds is 4. The second-order valence-corrected chi connectivity index (χ2v) is 6.36. The zero-order valence-electron chi connectivity index (χ0n) is 12.3. The van der Waals surface area contributed by atoms with Gasteiger partial charge in [0.25, 0.3) is 0 Å². The van der Waals surface area contributed by atoms with E-state index in [9.17, 15) is 9.59 Å². The third-order valence-corrected chi connectivity index (χ3v) is 4.56. The molecule has 1 saturated carbocycles. The van der Waals surface area contributed by atoms with Crippen LogP contribution in [0.3, 0.4) is 0 Å². The molecule has 0 radical (unpaired) electrons. The van der Waals surface area contributed by atoms with Crippen LogP contribution in [0.2, 0.25) is 0 Å². The van der Waals surface area contributed by atoms with Crippen LogP contribution in [-0.2, 0) is 22.4 Å². The number of cyclic esters (lactones) is 1. The number of nitrogens with two attached hydrogens (primary N) is 1. The molecule has 0 bridgehead atoms. The minimum absolute atomic E-state index is 0.00774. The molecule has 2 amide bonds. The number of amides is 2. The Kier molecular flexibility index (Phi) is 3.07. The van der Waals surface area contributed by atoms with E-state index in [1.807, 2.05) is 12.1 Å². The first-order valence-electron chi connectivity index (χ1n) is 7.78. The van der Waals surface area contributed by atoms with E-state index in [0.29, 0.717) is 25.4 Å². The van der Waals surface area contributed by atoms with E-state index in [1.165, 1.54) is 12.8 Å². The lowest BCUT2D eigenvalue weighted by Crippen LogP contribution is -2.28. The molecule has 0 spiro atoms. The van der Waals surface area contributed by atoms with Gasteiger partial charge >= 0.3 is 6.09 Å². The average Bonchev–Trinajstić information content (AvgIpc) is 3.10. The fraction of sp³-hybridized carbons (Fsp3) is 0.500. The standard InChI is InChI=1S/C16H19N3O3/c17-7-12-8-19(16(21)22-12)14-5-10-6-15(20)18-13(10)4-11(14)3-9-1-2-9/h4-5,9,12H,1-3,6-8,17H2,(H,18,20)/t12-/m1/s1. The highest BCUT2D eigenvalue weighted by Gasteiger charge is 2.35. The summed E-state index contributed by atoms with van der Waals surface area (Å²) in [4.78, 5) is 25.4. The predicted molar refractivity (Wildman–Crippen MR) is 81.9 cm³/mol. The van der Waals surface area contributed by atoms with Crippen molar-refractivity contribution in [3.05, 3.63) is 23.3 Å². The number of fused-ring (bicyclic) bond motifs is 1. The van der Waals surface area contributed by atoms with E-state index in [0.717, 1.165) is 28.9 Å². The summed E-state index contributed by atoms with van der Waals surface area (Å²) >= 11 is 0. The molecule has 116 valence electrons. The van der Waals surface area contributed by atoms with Crippen LogP contribution in [0, 0.1) is 5.92 Å². The first kappa shape index (κ1) is 13.6. The second kappa shape index (κ2) is 4.98. The van der Waals surface area contributed by atoms with Gasteiger partial charge in [-0.3, -0.25) is 9.69 Å². The van der Waals surface area contributed by atoms with Crippen LogP contribution in [-0.4, -0.2) is 31.2 Å². The fourth-order valence-corrected chi connectivity index (χ4v) is 3.20. The molecule has 4 rings (SSSR count). The molecule has 3 N–H and O–H groups in total. The molecule has 1 aromatic carbocycles. The highest BCUT2D eigenvalue weighted by atomic mass is 16.6. The summed E-state index contributed by atoms with van der Waals surface area (Å²) in [5.41, 5.74) is 9.43. The van der Waals surface area contributed by atoms with Gasteiger partial charge in [-0.25, -0.2) is 4.79 Å². The number of hydrogen-bond acceptors (Lipinski definition) is 4. The van der Waals surface area contributed by atoms with Gasteiger partial charge in [-0.05, 0) is 48.4 Å². The van der Waals surface area contributed by atoms with E-state index < -0.39 is 0 Å². The molecule has 22 heavy (non-hydrogen) atoms.